The minimum Gasteiger partial charge on any atom is -0.616 e. The molecule has 0 aliphatic rings. The lowest BCUT2D eigenvalue weighted by Crippen LogP contribution is -2.39. The molecule has 1 unspecified atom stereocenters. The van der Waals surface area contributed by atoms with E-state index in [1.165, 1.54) is 0 Å². The maximum absolute atomic E-state index is 11.0. The largest absolute Gasteiger partial charge is 0.616 e. The summed E-state index contributed by atoms with van der Waals surface area (Å²) in [5.41, 5.74) is 5.09. The first-order valence-electron chi connectivity index (χ1n) is 3.37. The number of carboxylic acid groups (broad SMARTS) is 1. The van der Waals surface area contributed by atoms with Crippen LogP contribution in [0.15, 0.2) is 0 Å². The van der Waals surface area contributed by atoms with Crippen LogP contribution >= 0.6 is 0 Å². The van der Waals surface area contributed by atoms with Gasteiger partial charge in [0.1, 0.15) is 11.8 Å². The number of carbonyl (C=O) groups excluding carboxylic acids is 1. The summed E-state index contributed by atoms with van der Waals surface area (Å²) in [5, 5.41) is 8.35. The van der Waals surface area contributed by atoms with Crippen molar-refractivity contribution in [2.24, 2.45) is 5.73 Å². The summed E-state index contributed by atoms with van der Waals surface area (Å²) in [7, 11) is 1.16. The molecule has 0 aliphatic carbocycles. The number of hydrogen-bond acceptors (Lipinski definition) is 5. The summed E-state index contributed by atoms with van der Waals surface area (Å²) in [5.74, 6) is -2.45. The Balaban J connectivity index is 3.80. The highest BCUT2D eigenvalue weighted by molar-refractivity contribution is 7.92. The van der Waals surface area contributed by atoms with Crippen LogP contribution in [0.3, 0.4) is 0 Å². The Hall–Kier alpha value is -0.790. The quantitative estimate of drug-likeness (QED) is 0.413. The molecule has 2 atom stereocenters. The van der Waals surface area contributed by atoms with Gasteiger partial charge in [-0.2, -0.15) is 0 Å². The molecule has 0 saturated carbocycles. The first kappa shape index (κ1) is 12.2. The molecule has 0 aliphatic heterocycles. The molecule has 0 aromatic heterocycles. The predicted molar refractivity (Wildman–Crippen MR) is 45.5 cm³/mol. The lowest BCUT2D eigenvalue weighted by Gasteiger charge is -2.11. The van der Waals surface area contributed by atoms with Crippen molar-refractivity contribution in [1.82, 2.24) is 0 Å². The van der Waals surface area contributed by atoms with E-state index in [0.29, 0.717) is 0 Å². The van der Waals surface area contributed by atoms with E-state index in [0.717, 1.165) is 7.11 Å². The molecule has 13 heavy (non-hydrogen) atoms. The number of hydrogen-bond donors (Lipinski definition) is 2. The smallest absolute Gasteiger partial charge is 0.356 e. The van der Waals surface area contributed by atoms with Crippen molar-refractivity contribution in [3.8, 4) is 0 Å². The molecule has 0 aromatic carbocycles. The minimum absolute atomic E-state index is 0.246. The fraction of sp³-hybridized carbons (Fsp3) is 0.667. The van der Waals surface area contributed by atoms with Crippen LogP contribution in [0.25, 0.3) is 0 Å². The number of ether oxygens (including phenoxy) is 1. The first-order valence-corrected chi connectivity index (χ1v) is 4.86. The molecule has 3 N–H and O–H groups in total. The first-order chi connectivity index (χ1) is 5.97. The van der Waals surface area contributed by atoms with Gasteiger partial charge in [0.15, 0.2) is 0 Å². The van der Waals surface area contributed by atoms with E-state index in [9.17, 15) is 14.1 Å². The van der Waals surface area contributed by atoms with Crippen molar-refractivity contribution < 1.29 is 24.0 Å². The summed E-state index contributed by atoms with van der Waals surface area (Å²) >= 11 is -1.58. The Labute approximate surface area is 78.2 Å². The van der Waals surface area contributed by atoms with Crippen LogP contribution in [0.4, 0.5) is 0 Å². The Morgan fingerprint density at radius 2 is 2.23 bits per heavy atom. The molecular weight excluding hydrogens is 198 g/mol. The average Bonchev–Trinajstić information content (AvgIpc) is 2.03. The second-order valence-electron chi connectivity index (χ2n) is 2.27. The van der Waals surface area contributed by atoms with Crippen LogP contribution in [0.5, 0.6) is 0 Å². The molecule has 0 aromatic rings. The summed E-state index contributed by atoms with van der Waals surface area (Å²) < 4.78 is 15.2. The van der Waals surface area contributed by atoms with Crippen molar-refractivity contribution >= 4 is 23.1 Å². The van der Waals surface area contributed by atoms with Crippen LogP contribution in [0.1, 0.15) is 0 Å². The number of carboxylic acids is 1. The van der Waals surface area contributed by atoms with E-state index in [-0.39, 0.29) is 11.5 Å². The van der Waals surface area contributed by atoms with Crippen LogP contribution in [-0.2, 0) is 25.5 Å². The maximum atomic E-state index is 11.0. The third-order valence-electron chi connectivity index (χ3n) is 1.19. The van der Waals surface area contributed by atoms with Crippen molar-refractivity contribution in [3.63, 3.8) is 0 Å². The van der Waals surface area contributed by atoms with Crippen molar-refractivity contribution in [2.75, 3.05) is 18.6 Å². The Morgan fingerprint density at radius 3 is 2.62 bits per heavy atom. The molecule has 76 valence electrons. The SMILES string of the molecule is COC(=O)C[S+]([O-])C[C@H](N)C(=O)O. The van der Waals surface area contributed by atoms with Crippen LogP contribution < -0.4 is 5.73 Å². The number of rotatable bonds is 5. The van der Waals surface area contributed by atoms with Crippen LogP contribution in [0.2, 0.25) is 0 Å². The van der Waals surface area contributed by atoms with E-state index >= 15 is 0 Å². The van der Waals surface area contributed by atoms with Crippen molar-refractivity contribution in [3.05, 3.63) is 0 Å². The standard InChI is InChI=1S/C6H11NO5S/c1-12-5(8)3-13(11)2-4(7)6(9)10/h4H,2-3,7H2,1H3,(H,9,10)/t4-,13?/m0/s1. The topological polar surface area (TPSA) is 113 Å². The number of esters is 1. The Kier molecular flexibility index (Phi) is 5.44. The second kappa shape index (κ2) is 5.79. The van der Waals surface area contributed by atoms with Gasteiger partial charge in [-0.25, -0.2) is 4.79 Å². The molecule has 0 amide bonds. The van der Waals surface area contributed by atoms with Gasteiger partial charge in [0.2, 0.25) is 5.75 Å². The molecule has 0 rings (SSSR count). The number of methoxy groups -OCH3 is 1. The maximum Gasteiger partial charge on any atom is 0.356 e. The number of carbonyl (C=O) groups is 2. The van der Waals surface area contributed by atoms with E-state index in [4.69, 9.17) is 10.8 Å². The number of nitrogens with two attached hydrogens (primary N) is 1. The fourth-order valence-electron chi connectivity index (χ4n) is 0.521. The summed E-state index contributed by atoms with van der Waals surface area (Å²) in [4.78, 5) is 20.8. The molecule has 0 fully saturated rings. The monoisotopic (exact) mass is 209 g/mol. The Bertz CT molecular complexity index is 197. The zero-order valence-corrected chi connectivity index (χ0v) is 7.87. The van der Waals surface area contributed by atoms with Crippen molar-refractivity contribution in [2.45, 2.75) is 6.04 Å². The lowest BCUT2D eigenvalue weighted by atomic mass is 10.4. The van der Waals surface area contributed by atoms with Gasteiger partial charge in [-0.15, -0.1) is 0 Å². The highest BCUT2D eigenvalue weighted by Crippen LogP contribution is 1.95. The Morgan fingerprint density at radius 1 is 1.69 bits per heavy atom. The molecule has 0 heterocycles. The predicted octanol–water partition coefficient (Wildman–Crippen LogP) is -1.68. The second-order valence-corrected chi connectivity index (χ2v) is 3.77. The van der Waals surface area contributed by atoms with Crippen molar-refractivity contribution in [1.29, 1.82) is 0 Å². The third-order valence-corrected chi connectivity index (χ3v) is 2.48. The number of aliphatic carboxylic acids is 1. The molecule has 0 bridgehead atoms. The molecule has 6 nitrogen and oxygen atoms in total. The van der Waals surface area contributed by atoms with Gasteiger partial charge >= 0.3 is 11.9 Å². The van der Waals surface area contributed by atoms with Gasteiger partial charge in [0.25, 0.3) is 0 Å². The summed E-state index contributed by atoms with van der Waals surface area (Å²) in [6.07, 6.45) is 0. The van der Waals surface area contributed by atoms with E-state index in [2.05, 4.69) is 4.74 Å². The van der Waals surface area contributed by atoms with E-state index in [1.807, 2.05) is 0 Å². The third kappa shape index (κ3) is 5.45. The van der Waals surface area contributed by atoms with Crippen LogP contribution in [0, 0.1) is 0 Å². The molecular formula is C6H11NO5S. The van der Waals surface area contributed by atoms with Gasteiger partial charge in [0, 0.05) is 0 Å². The fourth-order valence-corrected chi connectivity index (χ4v) is 1.56. The summed E-state index contributed by atoms with van der Waals surface area (Å²) in [6, 6.07) is -1.20. The highest BCUT2D eigenvalue weighted by atomic mass is 32.2. The van der Waals surface area contributed by atoms with Crippen LogP contribution in [-0.4, -0.2) is 46.3 Å². The molecule has 0 saturated heterocycles. The minimum atomic E-state index is -1.58. The molecule has 0 radical (unpaired) electrons. The molecule has 7 heteroatoms. The van der Waals surface area contributed by atoms with Gasteiger partial charge in [0.05, 0.1) is 7.11 Å². The average molecular weight is 209 g/mol. The van der Waals surface area contributed by atoms with Gasteiger partial charge in [-0.05, 0) is 11.2 Å². The zero-order chi connectivity index (χ0) is 10.4. The summed E-state index contributed by atoms with van der Waals surface area (Å²) in [6.45, 7) is 0. The lowest BCUT2D eigenvalue weighted by molar-refractivity contribution is -0.139. The highest BCUT2D eigenvalue weighted by Gasteiger charge is 2.21. The van der Waals surface area contributed by atoms with Gasteiger partial charge < -0.3 is 20.1 Å². The normalized spacial score (nSPS) is 14.7. The van der Waals surface area contributed by atoms with Gasteiger partial charge in [-0.1, -0.05) is 0 Å². The van der Waals surface area contributed by atoms with E-state index in [1.54, 1.807) is 0 Å². The zero-order valence-electron chi connectivity index (χ0n) is 7.06. The molecule has 0 spiro atoms. The van der Waals surface area contributed by atoms with E-state index < -0.39 is 29.2 Å². The van der Waals surface area contributed by atoms with Gasteiger partial charge in [-0.3, -0.25) is 4.79 Å².